The van der Waals surface area contributed by atoms with Crippen LogP contribution in [0.15, 0.2) is 24.3 Å². The van der Waals surface area contributed by atoms with Gasteiger partial charge in [0.2, 0.25) is 0 Å². The Labute approximate surface area is 110 Å². The number of hydrogen-bond donors (Lipinski definition) is 1. The van der Waals surface area contributed by atoms with Crippen LogP contribution in [-0.2, 0) is 0 Å². The molecule has 0 radical (unpaired) electrons. The van der Waals surface area contributed by atoms with Crippen LogP contribution < -0.4 is 5.32 Å². The second-order valence-electron chi connectivity index (χ2n) is 5.44. The van der Waals surface area contributed by atoms with Gasteiger partial charge in [-0.05, 0) is 19.0 Å². The topological polar surface area (TPSA) is 12.0 Å². The molecule has 0 amide bonds. The summed E-state index contributed by atoms with van der Waals surface area (Å²) in [6.07, 6.45) is 0. The van der Waals surface area contributed by atoms with E-state index < -0.39 is 0 Å². The lowest BCUT2D eigenvalue weighted by atomic mass is 10.1. The molecular weight excluding hydrogens is 226 g/mol. The van der Waals surface area contributed by atoms with Crippen molar-refractivity contribution < 1.29 is 0 Å². The molecule has 0 spiro atoms. The van der Waals surface area contributed by atoms with Crippen molar-refractivity contribution in [2.45, 2.75) is 45.4 Å². The molecule has 0 aliphatic carbocycles. The molecule has 0 aromatic heterocycles. The summed E-state index contributed by atoms with van der Waals surface area (Å²) in [5, 5.41) is 3.57. The van der Waals surface area contributed by atoms with Gasteiger partial charge in [-0.2, -0.15) is 11.8 Å². The molecule has 0 saturated heterocycles. The first-order valence-electron chi connectivity index (χ1n) is 6.36. The lowest BCUT2D eigenvalue weighted by Gasteiger charge is -2.24. The molecule has 1 unspecified atom stereocenters. The van der Waals surface area contributed by atoms with Crippen LogP contribution >= 0.6 is 11.8 Å². The SMILES string of the molecule is CCNC(CSC(C)(C)C)c1ccc(C)cc1. The van der Waals surface area contributed by atoms with Crippen molar-refractivity contribution in [3.05, 3.63) is 35.4 Å². The monoisotopic (exact) mass is 251 g/mol. The summed E-state index contributed by atoms with van der Waals surface area (Å²) < 4.78 is 0.332. The third-order valence-electron chi connectivity index (χ3n) is 2.61. The lowest BCUT2D eigenvalue weighted by molar-refractivity contribution is 0.603. The summed E-state index contributed by atoms with van der Waals surface area (Å²) in [4.78, 5) is 0. The number of nitrogens with one attached hydrogen (secondary N) is 1. The van der Waals surface area contributed by atoms with Gasteiger partial charge in [-0.15, -0.1) is 0 Å². The molecule has 0 saturated carbocycles. The summed E-state index contributed by atoms with van der Waals surface area (Å²) in [7, 11) is 0. The van der Waals surface area contributed by atoms with Crippen LogP contribution in [0.2, 0.25) is 0 Å². The molecular formula is C15H25NS. The van der Waals surface area contributed by atoms with Crippen molar-refractivity contribution in [2.75, 3.05) is 12.3 Å². The van der Waals surface area contributed by atoms with E-state index in [-0.39, 0.29) is 0 Å². The summed E-state index contributed by atoms with van der Waals surface area (Å²) >= 11 is 2.02. The maximum absolute atomic E-state index is 3.57. The zero-order chi connectivity index (χ0) is 12.9. The van der Waals surface area contributed by atoms with E-state index >= 15 is 0 Å². The first-order valence-corrected chi connectivity index (χ1v) is 7.35. The highest BCUT2D eigenvalue weighted by molar-refractivity contribution is 8.00. The number of rotatable bonds is 5. The van der Waals surface area contributed by atoms with E-state index in [1.165, 1.54) is 11.1 Å². The van der Waals surface area contributed by atoms with Crippen molar-refractivity contribution >= 4 is 11.8 Å². The molecule has 0 heterocycles. The van der Waals surface area contributed by atoms with Crippen LogP contribution in [0, 0.1) is 6.92 Å². The largest absolute Gasteiger partial charge is 0.310 e. The Bertz CT molecular complexity index is 324. The highest BCUT2D eigenvalue weighted by Gasteiger charge is 2.16. The van der Waals surface area contributed by atoms with E-state index in [9.17, 15) is 0 Å². The van der Waals surface area contributed by atoms with Crippen molar-refractivity contribution in [1.29, 1.82) is 0 Å². The Kier molecular flexibility index (Phi) is 5.54. The molecule has 2 heteroatoms. The molecule has 0 fully saturated rings. The molecule has 1 atom stereocenters. The minimum atomic E-state index is 0.332. The molecule has 0 aliphatic rings. The fourth-order valence-corrected chi connectivity index (χ4v) is 2.63. The standard InChI is InChI=1S/C15H25NS/c1-6-16-14(11-17-15(3,4)5)13-9-7-12(2)8-10-13/h7-10,14,16H,6,11H2,1-5H3. The highest BCUT2D eigenvalue weighted by Crippen LogP contribution is 2.28. The van der Waals surface area contributed by atoms with E-state index in [0.29, 0.717) is 10.8 Å². The summed E-state index contributed by atoms with van der Waals surface area (Å²) in [5.41, 5.74) is 2.72. The van der Waals surface area contributed by atoms with E-state index in [1.807, 2.05) is 11.8 Å². The molecule has 1 aromatic rings. The Morgan fingerprint density at radius 3 is 2.24 bits per heavy atom. The van der Waals surface area contributed by atoms with Gasteiger partial charge in [0.15, 0.2) is 0 Å². The third-order valence-corrected chi connectivity index (χ3v) is 3.98. The predicted molar refractivity (Wildman–Crippen MR) is 79.8 cm³/mol. The second-order valence-corrected chi connectivity index (χ2v) is 7.29. The normalized spacial score (nSPS) is 13.7. The van der Waals surface area contributed by atoms with E-state index in [2.05, 4.69) is 64.2 Å². The smallest absolute Gasteiger partial charge is 0.0411 e. The average molecular weight is 251 g/mol. The number of aryl methyl sites for hydroxylation is 1. The van der Waals surface area contributed by atoms with Crippen molar-refractivity contribution in [2.24, 2.45) is 0 Å². The molecule has 96 valence electrons. The maximum atomic E-state index is 3.57. The highest BCUT2D eigenvalue weighted by atomic mass is 32.2. The minimum absolute atomic E-state index is 0.332. The molecule has 0 aliphatic heterocycles. The first-order chi connectivity index (χ1) is 7.92. The summed E-state index contributed by atoms with van der Waals surface area (Å²) in [5.74, 6) is 1.13. The zero-order valence-corrected chi connectivity index (χ0v) is 12.5. The number of hydrogen-bond acceptors (Lipinski definition) is 2. The Balaban J connectivity index is 2.68. The third kappa shape index (κ3) is 5.60. The first kappa shape index (κ1) is 14.6. The fourth-order valence-electron chi connectivity index (χ4n) is 1.65. The molecule has 0 bridgehead atoms. The fraction of sp³-hybridized carbons (Fsp3) is 0.600. The van der Waals surface area contributed by atoms with Crippen molar-refractivity contribution in [3.63, 3.8) is 0 Å². The predicted octanol–water partition coefficient (Wildman–Crippen LogP) is 4.18. The van der Waals surface area contributed by atoms with Crippen LogP contribution in [-0.4, -0.2) is 17.0 Å². The van der Waals surface area contributed by atoms with Crippen LogP contribution in [0.5, 0.6) is 0 Å². The van der Waals surface area contributed by atoms with Crippen molar-refractivity contribution in [1.82, 2.24) is 5.32 Å². The van der Waals surface area contributed by atoms with Crippen molar-refractivity contribution in [3.8, 4) is 0 Å². The van der Waals surface area contributed by atoms with Gasteiger partial charge in [-0.1, -0.05) is 57.5 Å². The van der Waals surface area contributed by atoms with Gasteiger partial charge in [0.05, 0.1) is 0 Å². The van der Waals surface area contributed by atoms with E-state index in [1.54, 1.807) is 0 Å². The molecule has 1 N–H and O–H groups in total. The van der Waals surface area contributed by atoms with Gasteiger partial charge >= 0.3 is 0 Å². The Hall–Kier alpha value is -0.470. The van der Waals surface area contributed by atoms with Crippen LogP contribution in [0.3, 0.4) is 0 Å². The van der Waals surface area contributed by atoms with Crippen LogP contribution in [0.4, 0.5) is 0 Å². The lowest BCUT2D eigenvalue weighted by Crippen LogP contribution is -2.25. The van der Waals surface area contributed by atoms with E-state index in [0.717, 1.165) is 12.3 Å². The van der Waals surface area contributed by atoms with E-state index in [4.69, 9.17) is 0 Å². The average Bonchev–Trinajstić information content (AvgIpc) is 2.24. The second kappa shape index (κ2) is 6.46. The minimum Gasteiger partial charge on any atom is -0.310 e. The zero-order valence-electron chi connectivity index (χ0n) is 11.7. The van der Waals surface area contributed by atoms with Gasteiger partial charge in [0, 0.05) is 16.5 Å². The van der Waals surface area contributed by atoms with Gasteiger partial charge < -0.3 is 5.32 Å². The Morgan fingerprint density at radius 2 is 1.76 bits per heavy atom. The summed E-state index contributed by atoms with van der Waals surface area (Å²) in [6.45, 7) is 12.1. The molecule has 1 rings (SSSR count). The van der Waals surface area contributed by atoms with Gasteiger partial charge in [-0.25, -0.2) is 0 Å². The quantitative estimate of drug-likeness (QED) is 0.842. The molecule has 17 heavy (non-hydrogen) atoms. The van der Waals surface area contributed by atoms with Gasteiger partial charge in [0.1, 0.15) is 0 Å². The molecule has 1 nitrogen and oxygen atoms in total. The van der Waals surface area contributed by atoms with Gasteiger partial charge in [0.25, 0.3) is 0 Å². The van der Waals surface area contributed by atoms with Gasteiger partial charge in [-0.3, -0.25) is 0 Å². The van der Waals surface area contributed by atoms with Crippen LogP contribution in [0.25, 0.3) is 0 Å². The summed E-state index contributed by atoms with van der Waals surface area (Å²) in [6, 6.07) is 9.34. The number of benzene rings is 1. The Morgan fingerprint density at radius 1 is 1.18 bits per heavy atom. The molecule has 1 aromatic carbocycles. The number of thioether (sulfide) groups is 1. The maximum Gasteiger partial charge on any atom is 0.0411 e. The van der Waals surface area contributed by atoms with Crippen LogP contribution in [0.1, 0.15) is 44.9 Å².